The maximum atomic E-state index is 12.7. The molecule has 0 aromatic heterocycles. The van der Waals surface area contributed by atoms with E-state index in [1.54, 1.807) is 17.0 Å². The minimum Gasteiger partial charge on any atom is -0.435 e. The SMILES string of the molecule is O=C(c1cccc(OC(F)F)c1)N1CCCN(Cc2ccccc2)CC1. The molecule has 1 fully saturated rings. The van der Waals surface area contributed by atoms with Gasteiger partial charge in [0.25, 0.3) is 5.91 Å². The zero-order valence-corrected chi connectivity index (χ0v) is 14.5. The molecule has 1 aliphatic rings. The zero-order valence-electron chi connectivity index (χ0n) is 14.5. The molecule has 26 heavy (non-hydrogen) atoms. The number of benzene rings is 2. The first-order valence-corrected chi connectivity index (χ1v) is 8.72. The Morgan fingerprint density at radius 3 is 2.58 bits per heavy atom. The zero-order chi connectivity index (χ0) is 18.4. The predicted molar refractivity (Wildman–Crippen MR) is 95.3 cm³/mol. The second-order valence-electron chi connectivity index (χ2n) is 6.31. The van der Waals surface area contributed by atoms with Gasteiger partial charge in [0.1, 0.15) is 5.75 Å². The normalized spacial score (nSPS) is 15.7. The summed E-state index contributed by atoms with van der Waals surface area (Å²) in [5, 5.41) is 0. The lowest BCUT2D eigenvalue weighted by molar-refractivity contribution is -0.0499. The van der Waals surface area contributed by atoms with Crippen molar-refractivity contribution in [2.75, 3.05) is 26.2 Å². The molecule has 6 heteroatoms. The van der Waals surface area contributed by atoms with Crippen molar-refractivity contribution in [2.45, 2.75) is 19.6 Å². The Morgan fingerprint density at radius 1 is 1.00 bits per heavy atom. The first-order chi connectivity index (χ1) is 12.6. The quantitative estimate of drug-likeness (QED) is 0.816. The van der Waals surface area contributed by atoms with Gasteiger partial charge in [-0.3, -0.25) is 9.69 Å². The van der Waals surface area contributed by atoms with Gasteiger partial charge in [-0.05, 0) is 30.2 Å². The van der Waals surface area contributed by atoms with Gasteiger partial charge in [-0.1, -0.05) is 36.4 Å². The monoisotopic (exact) mass is 360 g/mol. The number of amides is 1. The molecular formula is C20H22F2N2O2. The molecule has 1 amide bonds. The maximum absolute atomic E-state index is 12.7. The van der Waals surface area contributed by atoms with Gasteiger partial charge < -0.3 is 9.64 Å². The van der Waals surface area contributed by atoms with E-state index in [2.05, 4.69) is 21.8 Å². The van der Waals surface area contributed by atoms with E-state index in [1.807, 2.05) is 18.2 Å². The van der Waals surface area contributed by atoms with Gasteiger partial charge in [-0.2, -0.15) is 8.78 Å². The Kier molecular flexibility index (Phi) is 6.17. The Labute approximate surface area is 152 Å². The van der Waals surface area contributed by atoms with Gasteiger partial charge >= 0.3 is 6.61 Å². The largest absolute Gasteiger partial charge is 0.435 e. The molecule has 0 unspecified atom stereocenters. The van der Waals surface area contributed by atoms with Gasteiger partial charge in [-0.15, -0.1) is 0 Å². The maximum Gasteiger partial charge on any atom is 0.387 e. The smallest absolute Gasteiger partial charge is 0.387 e. The Balaban J connectivity index is 1.60. The topological polar surface area (TPSA) is 32.8 Å². The number of carbonyl (C=O) groups is 1. The Bertz CT molecular complexity index is 725. The van der Waals surface area contributed by atoms with Crippen LogP contribution in [0, 0.1) is 0 Å². The summed E-state index contributed by atoms with van der Waals surface area (Å²) in [4.78, 5) is 16.8. The third-order valence-electron chi connectivity index (χ3n) is 4.43. The van der Waals surface area contributed by atoms with Crippen LogP contribution in [0.15, 0.2) is 54.6 Å². The van der Waals surface area contributed by atoms with E-state index in [1.165, 1.54) is 17.7 Å². The number of ether oxygens (including phenoxy) is 1. The molecule has 0 radical (unpaired) electrons. The molecule has 2 aromatic rings. The number of hydrogen-bond donors (Lipinski definition) is 0. The van der Waals surface area contributed by atoms with Crippen LogP contribution in [-0.4, -0.2) is 48.5 Å². The van der Waals surface area contributed by atoms with Crippen molar-refractivity contribution in [1.82, 2.24) is 9.80 Å². The van der Waals surface area contributed by atoms with Crippen LogP contribution in [-0.2, 0) is 6.54 Å². The Morgan fingerprint density at radius 2 is 1.81 bits per heavy atom. The summed E-state index contributed by atoms with van der Waals surface area (Å²) in [7, 11) is 0. The minimum atomic E-state index is -2.90. The number of alkyl halides is 2. The van der Waals surface area contributed by atoms with Gasteiger partial charge in [0.05, 0.1) is 0 Å². The summed E-state index contributed by atoms with van der Waals surface area (Å²) in [6.45, 7) is 0.946. The summed E-state index contributed by atoms with van der Waals surface area (Å²) in [5.74, 6) is -0.141. The minimum absolute atomic E-state index is 0.00590. The summed E-state index contributed by atoms with van der Waals surface area (Å²) in [6.07, 6.45) is 0.881. The van der Waals surface area contributed by atoms with Crippen LogP contribution < -0.4 is 4.74 Å². The summed E-state index contributed by atoms with van der Waals surface area (Å²) in [5.41, 5.74) is 1.63. The van der Waals surface area contributed by atoms with Crippen molar-refractivity contribution in [1.29, 1.82) is 0 Å². The van der Waals surface area contributed by atoms with E-state index in [0.29, 0.717) is 18.7 Å². The summed E-state index contributed by atoms with van der Waals surface area (Å²) < 4.78 is 29.1. The van der Waals surface area contributed by atoms with E-state index in [-0.39, 0.29) is 11.7 Å². The van der Waals surface area contributed by atoms with E-state index >= 15 is 0 Å². The van der Waals surface area contributed by atoms with Gasteiger partial charge in [-0.25, -0.2) is 0 Å². The van der Waals surface area contributed by atoms with Crippen molar-refractivity contribution in [3.63, 3.8) is 0 Å². The molecule has 0 atom stereocenters. The number of carbonyl (C=O) groups excluding carboxylic acids is 1. The standard InChI is InChI=1S/C20H22F2N2O2/c21-20(22)26-18-9-4-8-17(14-18)19(25)24-11-5-10-23(12-13-24)15-16-6-2-1-3-7-16/h1-4,6-9,14,20H,5,10-13,15H2. The average Bonchev–Trinajstić information content (AvgIpc) is 2.87. The molecule has 0 saturated carbocycles. The lowest BCUT2D eigenvalue weighted by Gasteiger charge is -2.22. The van der Waals surface area contributed by atoms with Crippen molar-refractivity contribution in [3.8, 4) is 5.75 Å². The third-order valence-corrected chi connectivity index (χ3v) is 4.43. The number of rotatable bonds is 5. The van der Waals surface area contributed by atoms with Crippen molar-refractivity contribution in [2.24, 2.45) is 0 Å². The molecule has 3 rings (SSSR count). The average molecular weight is 360 g/mol. The lowest BCUT2D eigenvalue weighted by atomic mass is 10.2. The van der Waals surface area contributed by atoms with Crippen LogP contribution in [0.2, 0.25) is 0 Å². The first kappa shape index (κ1) is 18.3. The Hall–Kier alpha value is -2.47. The second-order valence-corrected chi connectivity index (χ2v) is 6.31. The molecular weight excluding hydrogens is 338 g/mol. The molecule has 0 bridgehead atoms. The molecule has 2 aromatic carbocycles. The van der Waals surface area contributed by atoms with Crippen LogP contribution in [0.5, 0.6) is 5.75 Å². The van der Waals surface area contributed by atoms with Crippen LogP contribution in [0.1, 0.15) is 22.3 Å². The van der Waals surface area contributed by atoms with E-state index < -0.39 is 6.61 Å². The van der Waals surface area contributed by atoms with Gasteiger partial charge in [0.15, 0.2) is 0 Å². The molecule has 0 aliphatic carbocycles. The molecule has 0 spiro atoms. The highest BCUT2D eigenvalue weighted by Crippen LogP contribution is 2.18. The summed E-state index contributed by atoms with van der Waals surface area (Å²) in [6, 6.07) is 16.2. The van der Waals surface area contributed by atoms with E-state index in [4.69, 9.17) is 0 Å². The van der Waals surface area contributed by atoms with Crippen molar-refractivity contribution >= 4 is 5.91 Å². The van der Waals surface area contributed by atoms with Crippen molar-refractivity contribution in [3.05, 3.63) is 65.7 Å². The second kappa shape index (κ2) is 8.76. The number of nitrogens with zero attached hydrogens (tertiary/aromatic N) is 2. The fraction of sp³-hybridized carbons (Fsp3) is 0.350. The highest BCUT2D eigenvalue weighted by Gasteiger charge is 2.21. The van der Waals surface area contributed by atoms with E-state index in [9.17, 15) is 13.6 Å². The van der Waals surface area contributed by atoms with Crippen LogP contribution in [0.25, 0.3) is 0 Å². The predicted octanol–water partition coefficient (Wildman–Crippen LogP) is 3.64. The molecule has 0 N–H and O–H groups in total. The molecule has 4 nitrogen and oxygen atoms in total. The fourth-order valence-corrected chi connectivity index (χ4v) is 3.16. The van der Waals surface area contributed by atoms with Crippen LogP contribution in [0.3, 0.4) is 0 Å². The lowest BCUT2D eigenvalue weighted by Crippen LogP contribution is -2.35. The number of hydrogen-bond acceptors (Lipinski definition) is 3. The molecule has 138 valence electrons. The first-order valence-electron chi connectivity index (χ1n) is 8.72. The molecule has 1 aliphatic heterocycles. The van der Waals surface area contributed by atoms with Gasteiger partial charge in [0, 0.05) is 38.3 Å². The van der Waals surface area contributed by atoms with Crippen LogP contribution in [0.4, 0.5) is 8.78 Å². The van der Waals surface area contributed by atoms with Gasteiger partial charge in [0.2, 0.25) is 0 Å². The molecule has 1 heterocycles. The molecule has 1 saturated heterocycles. The fourth-order valence-electron chi connectivity index (χ4n) is 3.16. The highest BCUT2D eigenvalue weighted by atomic mass is 19.3. The van der Waals surface area contributed by atoms with E-state index in [0.717, 1.165) is 26.1 Å². The van der Waals surface area contributed by atoms with Crippen molar-refractivity contribution < 1.29 is 18.3 Å². The summed E-state index contributed by atoms with van der Waals surface area (Å²) >= 11 is 0. The highest BCUT2D eigenvalue weighted by molar-refractivity contribution is 5.94. The van der Waals surface area contributed by atoms with Crippen LogP contribution >= 0.6 is 0 Å². The third kappa shape index (κ3) is 5.02. The number of halogens is 2.